The van der Waals surface area contributed by atoms with E-state index in [1.54, 1.807) is 18.2 Å². The Morgan fingerprint density at radius 1 is 1.18 bits per heavy atom. The smallest absolute Gasteiger partial charge is 0.278 e. The van der Waals surface area contributed by atoms with Crippen LogP contribution in [-0.2, 0) is 6.54 Å². The van der Waals surface area contributed by atoms with Crippen LogP contribution in [0.5, 0.6) is 0 Å². The van der Waals surface area contributed by atoms with E-state index in [9.17, 15) is 4.79 Å². The van der Waals surface area contributed by atoms with Gasteiger partial charge in [-0.2, -0.15) is 4.98 Å². The standard InChI is InChI=1S/C14H9N5O2S/c20-14-9-4-1-2-5-10(9)16-18-19(14)8-12-15-13(21-17-12)11-6-3-7-22-11/h1-7H,8H2. The summed E-state index contributed by atoms with van der Waals surface area (Å²) in [4.78, 5) is 17.5. The van der Waals surface area contributed by atoms with Gasteiger partial charge in [-0.15, -0.1) is 16.4 Å². The van der Waals surface area contributed by atoms with Crippen LogP contribution in [0.4, 0.5) is 0 Å². The SMILES string of the molecule is O=c1c2ccccc2nnn1Cc1noc(-c2cccs2)n1. The molecule has 0 aliphatic heterocycles. The number of hydrogen-bond donors (Lipinski definition) is 0. The van der Waals surface area contributed by atoms with Crippen LogP contribution in [0.2, 0.25) is 0 Å². The molecule has 3 aromatic heterocycles. The van der Waals surface area contributed by atoms with Gasteiger partial charge in [-0.25, -0.2) is 4.68 Å². The van der Waals surface area contributed by atoms with E-state index in [0.29, 0.717) is 22.6 Å². The van der Waals surface area contributed by atoms with Crippen LogP contribution in [0.15, 0.2) is 51.1 Å². The maximum atomic E-state index is 12.3. The van der Waals surface area contributed by atoms with Crippen molar-refractivity contribution >= 4 is 22.2 Å². The van der Waals surface area contributed by atoms with Gasteiger partial charge in [-0.05, 0) is 23.6 Å². The second-order valence-electron chi connectivity index (χ2n) is 4.56. The van der Waals surface area contributed by atoms with Crippen LogP contribution in [-0.4, -0.2) is 25.1 Å². The predicted octanol–water partition coefficient (Wildman–Crippen LogP) is 1.95. The predicted molar refractivity (Wildman–Crippen MR) is 80.5 cm³/mol. The molecule has 1 aromatic carbocycles. The van der Waals surface area contributed by atoms with Crippen LogP contribution < -0.4 is 5.56 Å². The van der Waals surface area contributed by atoms with Crippen molar-refractivity contribution in [1.29, 1.82) is 0 Å². The Morgan fingerprint density at radius 2 is 2.09 bits per heavy atom. The van der Waals surface area contributed by atoms with Crippen molar-refractivity contribution in [2.24, 2.45) is 0 Å². The van der Waals surface area contributed by atoms with Crippen molar-refractivity contribution in [1.82, 2.24) is 25.1 Å². The summed E-state index contributed by atoms with van der Waals surface area (Å²) >= 11 is 1.51. The minimum Gasteiger partial charge on any atom is -0.333 e. The van der Waals surface area contributed by atoms with Gasteiger partial charge >= 0.3 is 0 Å². The molecule has 0 radical (unpaired) electrons. The van der Waals surface area contributed by atoms with E-state index in [-0.39, 0.29) is 12.1 Å². The number of thiophene rings is 1. The van der Waals surface area contributed by atoms with E-state index in [1.807, 2.05) is 23.6 Å². The Kier molecular flexibility index (Phi) is 3.01. The highest BCUT2D eigenvalue weighted by Crippen LogP contribution is 2.22. The molecule has 0 N–H and O–H groups in total. The second kappa shape index (κ2) is 5.15. The number of benzene rings is 1. The third-order valence-electron chi connectivity index (χ3n) is 3.12. The van der Waals surface area contributed by atoms with Crippen LogP contribution >= 0.6 is 11.3 Å². The zero-order valence-corrected chi connectivity index (χ0v) is 12.0. The summed E-state index contributed by atoms with van der Waals surface area (Å²) in [5.41, 5.74) is 0.337. The summed E-state index contributed by atoms with van der Waals surface area (Å²) in [6.07, 6.45) is 0. The first kappa shape index (κ1) is 12.8. The summed E-state index contributed by atoms with van der Waals surface area (Å²) in [5.74, 6) is 0.821. The van der Waals surface area contributed by atoms with Crippen LogP contribution in [0.3, 0.4) is 0 Å². The topological polar surface area (TPSA) is 86.7 Å². The molecule has 22 heavy (non-hydrogen) atoms. The van der Waals surface area contributed by atoms with Gasteiger partial charge in [0.25, 0.3) is 11.4 Å². The first-order valence-electron chi connectivity index (χ1n) is 6.50. The highest BCUT2D eigenvalue weighted by molar-refractivity contribution is 7.13. The van der Waals surface area contributed by atoms with Crippen molar-refractivity contribution in [2.75, 3.05) is 0 Å². The Labute approximate surface area is 127 Å². The third-order valence-corrected chi connectivity index (χ3v) is 3.98. The fraction of sp³-hybridized carbons (Fsp3) is 0.0714. The summed E-state index contributed by atoms with van der Waals surface area (Å²) in [5, 5.41) is 14.3. The van der Waals surface area contributed by atoms with E-state index in [1.165, 1.54) is 16.0 Å². The van der Waals surface area contributed by atoms with E-state index in [0.717, 1.165) is 4.88 Å². The van der Waals surface area contributed by atoms with Gasteiger partial charge in [0, 0.05) is 0 Å². The maximum absolute atomic E-state index is 12.3. The average Bonchev–Trinajstić information content (AvgIpc) is 3.21. The average molecular weight is 311 g/mol. The van der Waals surface area contributed by atoms with Gasteiger partial charge < -0.3 is 4.52 Å². The lowest BCUT2D eigenvalue weighted by Crippen LogP contribution is -2.25. The van der Waals surface area contributed by atoms with Gasteiger partial charge in [-0.1, -0.05) is 28.6 Å². The van der Waals surface area contributed by atoms with Crippen molar-refractivity contribution in [2.45, 2.75) is 6.54 Å². The lowest BCUT2D eigenvalue weighted by Gasteiger charge is -2.01. The fourth-order valence-corrected chi connectivity index (χ4v) is 2.72. The van der Waals surface area contributed by atoms with E-state index in [4.69, 9.17) is 4.52 Å². The first-order valence-corrected chi connectivity index (χ1v) is 7.38. The molecule has 0 bridgehead atoms. The Morgan fingerprint density at radius 3 is 2.95 bits per heavy atom. The molecule has 0 aliphatic carbocycles. The molecular formula is C14H9N5O2S. The Balaban J connectivity index is 1.69. The molecule has 4 aromatic rings. The molecule has 8 heteroatoms. The molecule has 0 fully saturated rings. The molecule has 7 nitrogen and oxygen atoms in total. The fourth-order valence-electron chi connectivity index (χ4n) is 2.08. The van der Waals surface area contributed by atoms with Gasteiger partial charge in [0.15, 0.2) is 5.82 Å². The molecule has 4 rings (SSSR count). The molecule has 0 unspecified atom stereocenters. The summed E-state index contributed by atoms with van der Waals surface area (Å²) in [7, 11) is 0. The van der Waals surface area contributed by atoms with Gasteiger partial charge in [-0.3, -0.25) is 4.79 Å². The molecular weight excluding hydrogens is 302 g/mol. The lowest BCUT2D eigenvalue weighted by atomic mass is 10.2. The van der Waals surface area contributed by atoms with E-state index >= 15 is 0 Å². The Hall–Kier alpha value is -2.87. The summed E-state index contributed by atoms with van der Waals surface area (Å²) < 4.78 is 6.42. The molecule has 0 spiro atoms. The van der Waals surface area contributed by atoms with Crippen LogP contribution in [0, 0.1) is 0 Å². The summed E-state index contributed by atoms with van der Waals surface area (Å²) in [6.45, 7) is 0.117. The van der Waals surface area contributed by atoms with E-state index < -0.39 is 0 Å². The first-order chi connectivity index (χ1) is 10.8. The van der Waals surface area contributed by atoms with Crippen molar-refractivity contribution in [3.05, 3.63) is 58.0 Å². The maximum Gasteiger partial charge on any atom is 0.278 e. The molecule has 0 saturated heterocycles. The molecule has 0 atom stereocenters. The second-order valence-corrected chi connectivity index (χ2v) is 5.51. The van der Waals surface area contributed by atoms with Gasteiger partial charge in [0.2, 0.25) is 0 Å². The quantitative estimate of drug-likeness (QED) is 0.575. The monoisotopic (exact) mass is 311 g/mol. The largest absolute Gasteiger partial charge is 0.333 e. The zero-order chi connectivity index (χ0) is 14.9. The van der Waals surface area contributed by atoms with Crippen LogP contribution in [0.25, 0.3) is 21.7 Å². The number of fused-ring (bicyclic) bond motifs is 1. The molecule has 108 valence electrons. The van der Waals surface area contributed by atoms with Crippen molar-refractivity contribution < 1.29 is 4.52 Å². The normalized spacial score (nSPS) is 11.1. The molecule has 0 aliphatic rings. The van der Waals surface area contributed by atoms with Gasteiger partial charge in [0.1, 0.15) is 12.1 Å². The molecule has 0 saturated carbocycles. The van der Waals surface area contributed by atoms with Crippen molar-refractivity contribution in [3.63, 3.8) is 0 Å². The number of rotatable bonds is 3. The minimum absolute atomic E-state index is 0.117. The number of hydrogen-bond acceptors (Lipinski definition) is 7. The summed E-state index contributed by atoms with van der Waals surface area (Å²) in [6, 6.07) is 10.9. The Bertz CT molecular complexity index is 990. The highest BCUT2D eigenvalue weighted by Gasteiger charge is 2.12. The molecule has 3 heterocycles. The molecule has 0 amide bonds. The van der Waals surface area contributed by atoms with Gasteiger partial charge in [0.05, 0.1) is 10.3 Å². The van der Waals surface area contributed by atoms with E-state index in [2.05, 4.69) is 20.5 Å². The lowest BCUT2D eigenvalue weighted by molar-refractivity contribution is 0.417. The minimum atomic E-state index is -0.229. The zero-order valence-electron chi connectivity index (χ0n) is 11.2. The number of nitrogens with zero attached hydrogens (tertiary/aromatic N) is 5. The third kappa shape index (κ3) is 2.19. The van der Waals surface area contributed by atoms with Crippen molar-refractivity contribution in [3.8, 4) is 10.8 Å². The number of aromatic nitrogens is 5. The highest BCUT2D eigenvalue weighted by atomic mass is 32.1. The van der Waals surface area contributed by atoms with Crippen LogP contribution in [0.1, 0.15) is 5.82 Å².